The highest BCUT2D eigenvalue weighted by atomic mass is 16.5. The average Bonchev–Trinajstić information content (AvgIpc) is 3.07. The van der Waals surface area contributed by atoms with Gasteiger partial charge in [0.05, 0.1) is 29.2 Å². The van der Waals surface area contributed by atoms with Crippen molar-refractivity contribution in [1.82, 2.24) is 19.7 Å². The Morgan fingerprint density at radius 3 is 2.72 bits per heavy atom. The van der Waals surface area contributed by atoms with Crippen LogP contribution in [-0.4, -0.2) is 52.6 Å². The van der Waals surface area contributed by atoms with Crippen LogP contribution in [0.2, 0.25) is 0 Å². The Bertz CT molecular complexity index is 1010. The first kappa shape index (κ1) is 19.2. The van der Waals surface area contributed by atoms with Crippen LogP contribution in [0, 0.1) is 6.92 Å². The molecule has 0 aliphatic carbocycles. The van der Waals surface area contributed by atoms with Crippen molar-refractivity contribution >= 4 is 23.1 Å². The molecule has 0 radical (unpaired) electrons. The molecule has 8 heteroatoms. The number of aryl methyl sites for hydroxylation is 1. The lowest BCUT2D eigenvalue weighted by molar-refractivity contribution is 0.102. The third kappa shape index (κ3) is 4.32. The Hall–Kier alpha value is -3.13. The zero-order chi connectivity index (χ0) is 20.4. The minimum absolute atomic E-state index is 0.0588. The molecule has 4 rings (SSSR count). The maximum absolute atomic E-state index is 13.0. The van der Waals surface area contributed by atoms with Crippen LogP contribution >= 0.6 is 0 Å². The number of ether oxygens (including phenoxy) is 1. The molecule has 0 atom stereocenters. The number of rotatable bonds is 5. The van der Waals surface area contributed by atoms with E-state index in [2.05, 4.69) is 25.5 Å². The van der Waals surface area contributed by atoms with Crippen LogP contribution in [0.1, 0.15) is 29.9 Å². The number of pyridine rings is 2. The zero-order valence-corrected chi connectivity index (χ0v) is 17.0. The van der Waals surface area contributed by atoms with Gasteiger partial charge in [0.15, 0.2) is 0 Å². The summed E-state index contributed by atoms with van der Waals surface area (Å²) >= 11 is 0. The van der Waals surface area contributed by atoms with E-state index >= 15 is 0 Å². The summed E-state index contributed by atoms with van der Waals surface area (Å²) in [5.74, 6) is 0.746. The number of anilines is 2. The fraction of sp³-hybridized carbons (Fsp3) is 0.381. The number of nitrogens with zero attached hydrogens (tertiary/aromatic N) is 4. The van der Waals surface area contributed by atoms with Crippen molar-refractivity contribution < 1.29 is 9.53 Å². The molecule has 2 N–H and O–H groups in total. The molecule has 4 heterocycles. The second-order valence-electron chi connectivity index (χ2n) is 7.46. The summed E-state index contributed by atoms with van der Waals surface area (Å²) in [6, 6.07) is 5.61. The molecule has 1 aliphatic heterocycles. The fourth-order valence-electron chi connectivity index (χ4n) is 3.42. The van der Waals surface area contributed by atoms with Crippen molar-refractivity contribution in [3.63, 3.8) is 0 Å². The van der Waals surface area contributed by atoms with E-state index < -0.39 is 0 Å². The SMILES string of the molecule is Cc1cn2cc(C(=O)Nc3ccc(N4CCNCC4)cn3)c(OC(C)C)cc2n1. The lowest BCUT2D eigenvalue weighted by Crippen LogP contribution is -2.43. The molecule has 1 saturated heterocycles. The van der Waals surface area contributed by atoms with Crippen molar-refractivity contribution in [1.29, 1.82) is 0 Å². The first-order valence-corrected chi connectivity index (χ1v) is 9.88. The normalized spacial score (nSPS) is 14.4. The molecule has 29 heavy (non-hydrogen) atoms. The first-order valence-electron chi connectivity index (χ1n) is 9.88. The Kier molecular flexibility index (Phi) is 5.35. The molecular formula is C21H26N6O2. The van der Waals surface area contributed by atoms with Crippen molar-refractivity contribution in [2.75, 3.05) is 36.4 Å². The predicted molar refractivity (Wildman–Crippen MR) is 113 cm³/mol. The van der Waals surface area contributed by atoms with Gasteiger partial charge in [0.25, 0.3) is 5.91 Å². The standard InChI is InChI=1S/C21H26N6O2/c1-14(2)29-18-10-20-24-15(3)12-27(20)13-17(18)21(28)25-19-5-4-16(11-23-19)26-8-6-22-7-9-26/h4-5,10-14,22H,6-9H2,1-3H3,(H,23,25,28). The van der Waals surface area contributed by atoms with Gasteiger partial charge in [-0.05, 0) is 32.9 Å². The van der Waals surface area contributed by atoms with E-state index in [9.17, 15) is 4.79 Å². The Morgan fingerprint density at radius 2 is 2.03 bits per heavy atom. The maximum atomic E-state index is 13.0. The van der Waals surface area contributed by atoms with Crippen LogP contribution < -0.4 is 20.3 Å². The lowest BCUT2D eigenvalue weighted by atomic mass is 10.2. The first-order chi connectivity index (χ1) is 14.0. The molecule has 152 valence electrons. The Labute approximate surface area is 169 Å². The second kappa shape index (κ2) is 8.08. The van der Waals surface area contributed by atoms with Crippen molar-refractivity contribution in [2.45, 2.75) is 26.9 Å². The summed E-state index contributed by atoms with van der Waals surface area (Å²) in [4.78, 5) is 24.1. The minimum atomic E-state index is -0.267. The molecule has 1 amide bonds. The number of aromatic nitrogens is 3. The molecule has 0 saturated carbocycles. The van der Waals surface area contributed by atoms with E-state index in [1.54, 1.807) is 18.5 Å². The number of nitrogens with one attached hydrogen (secondary N) is 2. The molecule has 0 unspecified atom stereocenters. The molecule has 1 aliphatic rings. The third-order valence-electron chi connectivity index (χ3n) is 4.75. The summed E-state index contributed by atoms with van der Waals surface area (Å²) < 4.78 is 7.70. The monoisotopic (exact) mass is 394 g/mol. The Balaban J connectivity index is 1.56. The number of piperazine rings is 1. The summed E-state index contributed by atoms with van der Waals surface area (Å²) in [5, 5.41) is 6.21. The van der Waals surface area contributed by atoms with Crippen LogP contribution in [0.25, 0.3) is 5.65 Å². The molecule has 3 aromatic rings. The molecule has 3 aromatic heterocycles. The van der Waals surface area contributed by atoms with Gasteiger partial charge >= 0.3 is 0 Å². The largest absolute Gasteiger partial charge is 0.490 e. The van der Waals surface area contributed by atoms with Gasteiger partial charge in [0.1, 0.15) is 17.2 Å². The van der Waals surface area contributed by atoms with Gasteiger partial charge in [0.2, 0.25) is 0 Å². The fourth-order valence-corrected chi connectivity index (χ4v) is 3.42. The number of imidazole rings is 1. The summed E-state index contributed by atoms with van der Waals surface area (Å²) in [6.07, 6.45) is 5.37. The number of fused-ring (bicyclic) bond motifs is 1. The molecule has 0 bridgehead atoms. The van der Waals surface area contributed by atoms with E-state index in [1.807, 2.05) is 43.5 Å². The number of carbonyl (C=O) groups is 1. The highest BCUT2D eigenvalue weighted by Crippen LogP contribution is 2.24. The quantitative estimate of drug-likeness (QED) is 0.692. The highest BCUT2D eigenvalue weighted by molar-refractivity contribution is 6.05. The van der Waals surface area contributed by atoms with Crippen LogP contribution in [-0.2, 0) is 0 Å². The molecule has 1 fully saturated rings. The summed E-state index contributed by atoms with van der Waals surface area (Å²) in [7, 11) is 0. The van der Waals surface area contributed by atoms with Crippen LogP contribution in [0.15, 0.2) is 36.8 Å². The topological polar surface area (TPSA) is 83.8 Å². The van der Waals surface area contributed by atoms with E-state index in [1.165, 1.54) is 0 Å². The zero-order valence-electron chi connectivity index (χ0n) is 17.0. The third-order valence-corrected chi connectivity index (χ3v) is 4.75. The van der Waals surface area contributed by atoms with Gasteiger partial charge in [-0.25, -0.2) is 9.97 Å². The number of amides is 1. The highest BCUT2D eigenvalue weighted by Gasteiger charge is 2.18. The summed E-state index contributed by atoms with van der Waals surface area (Å²) in [6.45, 7) is 9.61. The Morgan fingerprint density at radius 1 is 1.24 bits per heavy atom. The van der Waals surface area contributed by atoms with E-state index in [0.29, 0.717) is 17.1 Å². The van der Waals surface area contributed by atoms with E-state index in [0.717, 1.165) is 43.2 Å². The minimum Gasteiger partial charge on any atom is -0.490 e. The number of carbonyl (C=O) groups excluding carboxylic acids is 1. The average molecular weight is 394 g/mol. The van der Waals surface area contributed by atoms with Gasteiger partial charge in [-0.15, -0.1) is 0 Å². The molecule has 8 nitrogen and oxygen atoms in total. The van der Waals surface area contributed by atoms with E-state index in [4.69, 9.17) is 4.74 Å². The summed E-state index contributed by atoms with van der Waals surface area (Å²) in [5.41, 5.74) is 3.12. The second-order valence-corrected chi connectivity index (χ2v) is 7.46. The van der Waals surface area contributed by atoms with Crippen molar-refractivity contribution in [2.24, 2.45) is 0 Å². The maximum Gasteiger partial charge on any atom is 0.262 e. The van der Waals surface area contributed by atoms with Gasteiger partial charge < -0.3 is 24.7 Å². The number of hydrogen-bond acceptors (Lipinski definition) is 6. The van der Waals surface area contributed by atoms with Crippen LogP contribution in [0.4, 0.5) is 11.5 Å². The lowest BCUT2D eigenvalue weighted by Gasteiger charge is -2.29. The van der Waals surface area contributed by atoms with Crippen LogP contribution in [0.5, 0.6) is 5.75 Å². The van der Waals surface area contributed by atoms with Gasteiger partial charge in [-0.1, -0.05) is 0 Å². The van der Waals surface area contributed by atoms with Crippen LogP contribution in [0.3, 0.4) is 0 Å². The molecular weight excluding hydrogens is 368 g/mol. The predicted octanol–water partition coefficient (Wildman–Crippen LogP) is 2.49. The number of hydrogen-bond donors (Lipinski definition) is 2. The molecule has 0 spiro atoms. The molecule has 0 aromatic carbocycles. The smallest absolute Gasteiger partial charge is 0.262 e. The van der Waals surface area contributed by atoms with Crippen molar-refractivity contribution in [3.05, 3.63) is 48.0 Å². The van der Waals surface area contributed by atoms with Gasteiger partial charge in [-0.3, -0.25) is 4.79 Å². The van der Waals surface area contributed by atoms with E-state index in [-0.39, 0.29) is 12.0 Å². The van der Waals surface area contributed by atoms with Crippen molar-refractivity contribution in [3.8, 4) is 5.75 Å². The van der Waals surface area contributed by atoms with Gasteiger partial charge in [-0.2, -0.15) is 0 Å². The van der Waals surface area contributed by atoms with Gasteiger partial charge in [0, 0.05) is 44.6 Å².